The third-order valence-corrected chi connectivity index (χ3v) is 8.92. The molecule has 2 atom stereocenters. The Kier molecular flexibility index (Phi) is 12.7. The standard InChI is InChI=1S/C33H41N5O4S2/c1-25(2)15-16-36(21-28(17-26-11-7-5-8-12-26)37(32(39)41-3)30-19-34-23-43-30)22-29(18-27-13-9-6-10-14-27)38(33(40)42-4)31-20-35-24-44-31/h5-14,19-20,23-25,28-29H,15-18,21-22H2,1-4H3/t28-,29-/m0/s1. The lowest BCUT2D eigenvalue weighted by molar-refractivity contribution is 0.164. The van der Waals surface area contributed by atoms with Crippen LogP contribution in [0.1, 0.15) is 31.4 Å². The fourth-order valence-electron chi connectivity index (χ4n) is 5.23. The summed E-state index contributed by atoms with van der Waals surface area (Å²) >= 11 is 2.81. The first kappa shape index (κ1) is 33.1. The minimum Gasteiger partial charge on any atom is -0.452 e. The first-order valence-electron chi connectivity index (χ1n) is 14.7. The topological polar surface area (TPSA) is 88.1 Å². The smallest absolute Gasteiger partial charge is 0.415 e. The highest BCUT2D eigenvalue weighted by molar-refractivity contribution is 7.14. The molecule has 11 heteroatoms. The number of carbonyl (C=O) groups excluding carboxylic acids is 2. The molecule has 0 radical (unpaired) electrons. The van der Waals surface area contributed by atoms with Crippen molar-refractivity contribution < 1.29 is 19.1 Å². The molecule has 4 rings (SSSR count). The predicted octanol–water partition coefficient (Wildman–Crippen LogP) is 7.02. The largest absolute Gasteiger partial charge is 0.452 e. The summed E-state index contributed by atoms with van der Waals surface area (Å²) in [5, 5.41) is 1.45. The molecule has 2 heterocycles. The molecule has 2 aromatic heterocycles. The van der Waals surface area contributed by atoms with E-state index in [1.165, 1.54) is 36.9 Å². The van der Waals surface area contributed by atoms with Crippen molar-refractivity contribution in [2.75, 3.05) is 43.7 Å². The third kappa shape index (κ3) is 9.35. The number of rotatable bonds is 15. The SMILES string of the molecule is COC(=O)N(c1cncs1)[C@@H](Cc1ccccc1)CN(CCC(C)C)C[C@H](Cc1ccccc1)N(C(=O)OC)c1cncs1. The summed E-state index contributed by atoms with van der Waals surface area (Å²) in [6.07, 6.45) is 4.74. The van der Waals surface area contributed by atoms with E-state index in [1.54, 1.807) is 33.2 Å². The number of methoxy groups -OCH3 is 2. The van der Waals surface area contributed by atoms with E-state index in [4.69, 9.17) is 9.47 Å². The average Bonchev–Trinajstić information content (AvgIpc) is 3.76. The minimum absolute atomic E-state index is 0.259. The summed E-state index contributed by atoms with van der Waals surface area (Å²) < 4.78 is 10.6. The molecule has 2 aromatic carbocycles. The highest BCUT2D eigenvalue weighted by Gasteiger charge is 2.33. The van der Waals surface area contributed by atoms with Crippen molar-refractivity contribution >= 4 is 44.9 Å². The number of nitrogens with zero attached hydrogens (tertiary/aromatic N) is 5. The van der Waals surface area contributed by atoms with Crippen LogP contribution >= 0.6 is 22.7 Å². The molecule has 44 heavy (non-hydrogen) atoms. The molecule has 0 bridgehead atoms. The van der Waals surface area contributed by atoms with Gasteiger partial charge in [0, 0.05) is 13.1 Å². The predicted molar refractivity (Wildman–Crippen MR) is 178 cm³/mol. The van der Waals surface area contributed by atoms with Crippen LogP contribution in [0.25, 0.3) is 0 Å². The molecule has 0 aliphatic rings. The lowest BCUT2D eigenvalue weighted by Gasteiger charge is -2.38. The number of amides is 2. The molecule has 0 fully saturated rings. The second-order valence-corrected chi connectivity index (χ2v) is 12.7. The molecule has 0 N–H and O–H groups in total. The van der Waals surface area contributed by atoms with Gasteiger partial charge >= 0.3 is 12.2 Å². The lowest BCUT2D eigenvalue weighted by Crippen LogP contribution is -2.53. The maximum atomic E-state index is 13.3. The molecule has 4 aromatic rings. The van der Waals surface area contributed by atoms with Crippen LogP contribution in [-0.4, -0.2) is 73.0 Å². The van der Waals surface area contributed by atoms with Crippen molar-refractivity contribution in [3.8, 4) is 0 Å². The molecule has 234 valence electrons. The first-order chi connectivity index (χ1) is 21.4. The number of carbonyl (C=O) groups is 2. The summed E-state index contributed by atoms with van der Waals surface area (Å²) in [6, 6.07) is 19.8. The summed E-state index contributed by atoms with van der Waals surface area (Å²) in [5.41, 5.74) is 5.67. The summed E-state index contributed by atoms with van der Waals surface area (Å²) in [6.45, 7) is 6.30. The van der Waals surface area contributed by atoms with Crippen LogP contribution in [0.15, 0.2) is 84.1 Å². The minimum atomic E-state index is -0.430. The molecule has 0 saturated heterocycles. The van der Waals surface area contributed by atoms with Gasteiger partial charge in [-0.3, -0.25) is 24.7 Å². The van der Waals surface area contributed by atoms with Gasteiger partial charge < -0.3 is 9.47 Å². The normalized spacial score (nSPS) is 12.6. The zero-order valence-electron chi connectivity index (χ0n) is 25.7. The lowest BCUT2D eigenvalue weighted by atomic mass is 10.0. The van der Waals surface area contributed by atoms with E-state index in [9.17, 15) is 9.59 Å². The van der Waals surface area contributed by atoms with E-state index in [2.05, 4.69) is 53.0 Å². The Morgan fingerprint density at radius 3 is 1.50 bits per heavy atom. The number of thiazole rings is 2. The van der Waals surface area contributed by atoms with Gasteiger partial charge in [0.25, 0.3) is 0 Å². The molecular formula is C33H41N5O4S2. The van der Waals surface area contributed by atoms with E-state index >= 15 is 0 Å². The maximum absolute atomic E-state index is 13.3. The van der Waals surface area contributed by atoms with Crippen LogP contribution in [0.4, 0.5) is 19.6 Å². The Morgan fingerprint density at radius 2 is 1.16 bits per heavy atom. The fourth-order valence-corrected chi connectivity index (χ4v) is 6.61. The van der Waals surface area contributed by atoms with Gasteiger partial charge in [-0.15, -0.1) is 22.7 Å². The summed E-state index contributed by atoms with van der Waals surface area (Å²) in [7, 11) is 2.82. The molecule has 0 unspecified atom stereocenters. The number of aromatic nitrogens is 2. The number of anilines is 2. The van der Waals surface area contributed by atoms with Crippen LogP contribution in [-0.2, 0) is 22.3 Å². The van der Waals surface area contributed by atoms with Gasteiger partial charge in [0.15, 0.2) is 0 Å². The molecule has 2 amide bonds. The quantitative estimate of drug-likeness (QED) is 0.139. The Bertz CT molecular complexity index is 1290. The molecular weight excluding hydrogens is 595 g/mol. The van der Waals surface area contributed by atoms with Crippen LogP contribution < -0.4 is 9.80 Å². The number of benzene rings is 2. The highest BCUT2D eigenvalue weighted by Crippen LogP contribution is 2.28. The Hall–Kier alpha value is -3.80. The number of hydrogen-bond acceptors (Lipinski definition) is 9. The van der Waals surface area contributed by atoms with Gasteiger partial charge in [0.1, 0.15) is 10.0 Å². The second kappa shape index (κ2) is 16.9. The molecule has 0 aliphatic heterocycles. The Labute approximate surface area is 268 Å². The Balaban J connectivity index is 1.73. The number of hydrogen-bond donors (Lipinski definition) is 0. The van der Waals surface area contributed by atoms with Gasteiger partial charge in [-0.1, -0.05) is 74.5 Å². The van der Waals surface area contributed by atoms with E-state index in [0.717, 1.165) is 34.1 Å². The van der Waals surface area contributed by atoms with E-state index < -0.39 is 12.2 Å². The van der Waals surface area contributed by atoms with Crippen LogP contribution in [0.2, 0.25) is 0 Å². The Morgan fingerprint density at radius 1 is 0.727 bits per heavy atom. The van der Waals surface area contributed by atoms with Crippen molar-refractivity contribution in [2.45, 2.75) is 45.2 Å². The van der Waals surface area contributed by atoms with Crippen molar-refractivity contribution in [3.05, 3.63) is 95.2 Å². The molecule has 0 aliphatic carbocycles. The monoisotopic (exact) mass is 635 g/mol. The van der Waals surface area contributed by atoms with Crippen molar-refractivity contribution in [2.24, 2.45) is 5.92 Å². The molecule has 0 saturated carbocycles. The van der Waals surface area contributed by atoms with Crippen LogP contribution in [0.5, 0.6) is 0 Å². The van der Waals surface area contributed by atoms with E-state index in [1.807, 2.05) is 36.4 Å². The second-order valence-electron chi connectivity index (χ2n) is 11.0. The average molecular weight is 636 g/mol. The fraction of sp³-hybridized carbons (Fsp3) is 0.394. The van der Waals surface area contributed by atoms with Crippen molar-refractivity contribution in [1.82, 2.24) is 14.9 Å². The molecule has 0 spiro atoms. The van der Waals surface area contributed by atoms with Gasteiger partial charge in [-0.05, 0) is 42.9 Å². The van der Waals surface area contributed by atoms with Gasteiger partial charge in [-0.25, -0.2) is 9.59 Å². The first-order valence-corrected chi connectivity index (χ1v) is 16.5. The van der Waals surface area contributed by atoms with E-state index in [0.29, 0.717) is 31.8 Å². The van der Waals surface area contributed by atoms with Gasteiger partial charge in [0.2, 0.25) is 0 Å². The van der Waals surface area contributed by atoms with Crippen LogP contribution in [0, 0.1) is 5.92 Å². The number of ether oxygens (including phenoxy) is 2. The zero-order valence-corrected chi connectivity index (χ0v) is 27.4. The highest BCUT2D eigenvalue weighted by atomic mass is 32.1. The zero-order chi connectivity index (χ0) is 31.3. The molecule has 9 nitrogen and oxygen atoms in total. The van der Waals surface area contributed by atoms with Crippen molar-refractivity contribution in [1.29, 1.82) is 0 Å². The summed E-state index contributed by atoms with van der Waals surface area (Å²) in [5.74, 6) is 0.467. The van der Waals surface area contributed by atoms with Gasteiger partial charge in [0.05, 0.1) is 49.7 Å². The van der Waals surface area contributed by atoms with Crippen LogP contribution in [0.3, 0.4) is 0 Å². The summed E-state index contributed by atoms with van der Waals surface area (Å²) in [4.78, 5) is 41.0. The van der Waals surface area contributed by atoms with E-state index in [-0.39, 0.29) is 12.1 Å². The van der Waals surface area contributed by atoms with Gasteiger partial charge in [-0.2, -0.15) is 0 Å². The maximum Gasteiger partial charge on any atom is 0.415 e. The third-order valence-electron chi connectivity index (χ3n) is 7.38. The van der Waals surface area contributed by atoms with Crippen molar-refractivity contribution in [3.63, 3.8) is 0 Å².